The van der Waals surface area contributed by atoms with Crippen LogP contribution in [-0.4, -0.2) is 5.91 Å². The molecule has 0 N–H and O–H groups in total. The van der Waals surface area contributed by atoms with Gasteiger partial charge in [-0.1, -0.05) is 36.5 Å². The molecule has 3 heteroatoms. The van der Waals surface area contributed by atoms with Gasteiger partial charge in [-0.15, -0.1) is 4.91 Å². The molecular formula is C10H13NO2. The Bertz CT molecular complexity index is 264. The van der Waals surface area contributed by atoms with E-state index in [1.165, 1.54) is 0 Å². The first-order valence-electron chi connectivity index (χ1n) is 3.96. The summed E-state index contributed by atoms with van der Waals surface area (Å²) in [4.78, 5) is 20.7. The molecule has 13 heavy (non-hydrogen) atoms. The van der Waals surface area contributed by atoms with Crippen LogP contribution >= 0.6 is 0 Å². The van der Waals surface area contributed by atoms with Gasteiger partial charge in [0.05, 0.1) is 5.92 Å². The summed E-state index contributed by atoms with van der Waals surface area (Å²) >= 11 is 0. The maximum absolute atomic E-state index is 10.8. The van der Waals surface area contributed by atoms with E-state index in [4.69, 9.17) is 0 Å². The van der Waals surface area contributed by atoms with Crippen molar-refractivity contribution in [1.82, 2.24) is 0 Å². The topological polar surface area (TPSA) is 46.5 Å². The standard InChI is InChI=1S/C10H13NO2/c1-4-5-6-7-8(2)9(3)10(12)11-13/h4-7,9H,1H2,2-3H3/b6-5-,8-7+. The van der Waals surface area contributed by atoms with Crippen LogP contribution in [0, 0.1) is 10.8 Å². The van der Waals surface area contributed by atoms with Gasteiger partial charge in [-0.25, -0.2) is 0 Å². The second-order valence-electron chi connectivity index (χ2n) is 2.68. The summed E-state index contributed by atoms with van der Waals surface area (Å²) in [5, 5.41) is 2.36. The summed E-state index contributed by atoms with van der Waals surface area (Å²) < 4.78 is 0. The number of allylic oxidation sites excluding steroid dienone is 4. The molecule has 0 fully saturated rings. The number of nitrogens with zero attached hydrogens (tertiary/aromatic N) is 1. The van der Waals surface area contributed by atoms with E-state index in [-0.39, 0.29) is 0 Å². The maximum Gasteiger partial charge on any atom is 0.293 e. The molecule has 0 rings (SSSR count). The monoisotopic (exact) mass is 179 g/mol. The minimum atomic E-state index is -0.638. The van der Waals surface area contributed by atoms with Crippen LogP contribution in [0.4, 0.5) is 0 Å². The van der Waals surface area contributed by atoms with Crippen molar-refractivity contribution in [1.29, 1.82) is 0 Å². The number of hydrogen-bond acceptors (Lipinski definition) is 2. The Balaban J connectivity index is 4.39. The normalized spacial score (nSPS) is 14.2. The molecule has 1 amide bonds. The third kappa shape index (κ3) is 4.15. The molecule has 0 bridgehead atoms. The van der Waals surface area contributed by atoms with Gasteiger partial charge in [0, 0.05) is 5.18 Å². The molecule has 0 saturated carbocycles. The summed E-state index contributed by atoms with van der Waals surface area (Å²) in [7, 11) is 0. The largest absolute Gasteiger partial charge is 0.293 e. The zero-order valence-electron chi connectivity index (χ0n) is 7.86. The SMILES string of the molecule is C=C/C=C\C=C(/C)C(C)C(=O)N=O. The van der Waals surface area contributed by atoms with E-state index in [0.717, 1.165) is 5.57 Å². The Labute approximate surface area is 77.8 Å². The maximum atomic E-state index is 10.8. The molecule has 1 unspecified atom stereocenters. The minimum absolute atomic E-state index is 0.438. The Morgan fingerprint density at radius 1 is 1.46 bits per heavy atom. The van der Waals surface area contributed by atoms with Gasteiger partial charge >= 0.3 is 0 Å². The van der Waals surface area contributed by atoms with Crippen molar-refractivity contribution < 1.29 is 4.79 Å². The molecule has 70 valence electrons. The number of carbonyl (C=O) groups excluding carboxylic acids is 1. The van der Waals surface area contributed by atoms with Crippen molar-refractivity contribution in [3.8, 4) is 0 Å². The van der Waals surface area contributed by atoms with Crippen LogP contribution < -0.4 is 0 Å². The van der Waals surface area contributed by atoms with Gasteiger partial charge in [0.25, 0.3) is 5.91 Å². The lowest BCUT2D eigenvalue weighted by Gasteiger charge is -2.03. The lowest BCUT2D eigenvalue weighted by molar-refractivity contribution is -0.120. The molecule has 3 nitrogen and oxygen atoms in total. The summed E-state index contributed by atoms with van der Waals surface area (Å²) in [5.74, 6) is -1.08. The minimum Gasteiger partial charge on any atom is -0.268 e. The van der Waals surface area contributed by atoms with E-state index in [1.54, 1.807) is 38.2 Å². The van der Waals surface area contributed by atoms with Crippen molar-refractivity contribution in [2.45, 2.75) is 13.8 Å². The molecule has 0 aliphatic rings. The number of amides is 1. The fraction of sp³-hybridized carbons (Fsp3) is 0.300. The molecular weight excluding hydrogens is 166 g/mol. The summed E-state index contributed by atoms with van der Waals surface area (Å²) in [6.45, 7) is 6.93. The van der Waals surface area contributed by atoms with Crippen molar-refractivity contribution in [3.63, 3.8) is 0 Å². The van der Waals surface area contributed by atoms with Crippen molar-refractivity contribution in [3.05, 3.63) is 41.4 Å². The summed E-state index contributed by atoms with van der Waals surface area (Å²) in [5.41, 5.74) is 0.808. The highest BCUT2D eigenvalue weighted by Gasteiger charge is 2.13. The van der Waals surface area contributed by atoms with E-state index < -0.39 is 11.8 Å². The number of hydrogen-bond donors (Lipinski definition) is 0. The van der Waals surface area contributed by atoms with Gasteiger partial charge in [-0.05, 0) is 13.8 Å². The van der Waals surface area contributed by atoms with Crippen LogP contribution in [0.15, 0.2) is 41.6 Å². The van der Waals surface area contributed by atoms with Crippen LogP contribution in [0.5, 0.6) is 0 Å². The van der Waals surface area contributed by atoms with Gasteiger partial charge in [0.1, 0.15) is 0 Å². The first-order valence-corrected chi connectivity index (χ1v) is 3.96. The van der Waals surface area contributed by atoms with Crippen LogP contribution in [0.1, 0.15) is 13.8 Å². The molecule has 0 aliphatic carbocycles. The molecule has 0 aromatic carbocycles. The lowest BCUT2D eigenvalue weighted by atomic mass is 10.0. The third-order valence-electron chi connectivity index (χ3n) is 1.75. The summed E-state index contributed by atoms with van der Waals surface area (Å²) in [6, 6.07) is 0. The quantitative estimate of drug-likeness (QED) is 0.492. The zero-order chi connectivity index (χ0) is 10.3. The van der Waals surface area contributed by atoms with E-state index in [2.05, 4.69) is 11.8 Å². The van der Waals surface area contributed by atoms with Crippen molar-refractivity contribution in [2.24, 2.45) is 11.1 Å². The first-order chi connectivity index (χ1) is 6.13. The van der Waals surface area contributed by atoms with Gasteiger partial charge in [0.15, 0.2) is 0 Å². The number of carbonyl (C=O) groups is 1. The third-order valence-corrected chi connectivity index (χ3v) is 1.75. The molecule has 0 radical (unpaired) electrons. The second kappa shape index (κ2) is 6.06. The number of nitroso groups, excluding NO2 is 1. The van der Waals surface area contributed by atoms with Gasteiger partial charge < -0.3 is 0 Å². The fourth-order valence-corrected chi connectivity index (χ4v) is 0.704. The van der Waals surface area contributed by atoms with E-state index in [9.17, 15) is 9.70 Å². The second-order valence-corrected chi connectivity index (χ2v) is 2.68. The molecule has 0 saturated heterocycles. The van der Waals surface area contributed by atoms with Crippen LogP contribution in [0.3, 0.4) is 0 Å². The van der Waals surface area contributed by atoms with E-state index in [1.807, 2.05) is 0 Å². The Kier molecular flexibility index (Phi) is 5.35. The average Bonchev–Trinajstić information content (AvgIpc) is 2.15. The highest BCUT2D eigenvalue weighted by Crippen LogP contribution is 2.11. The Hall–Kier alpha value is -1.51. The highest BCUT2D eigenvalue weighted by molar-refractivity contribution is 5.81. The van der Waals surface area contributed by atoms with Crippen LogP contribution in [0.2, 0.25) is 0 Å². The lowest BCUT2D eigenvalue weighted by Crippen LogP contribution is -2.08. The molecule has 0 aliphatic heterocycles. The first kappa shape index (κ1) is 11.5. The molecule has 0 spiro atoms. The average molecular weight is 179 g/mol. The molecule has 0 aromatic rings. The van der Waals surface area contributed by atoms with Gasteiger partial charge in [-0.3, -0.25) is 4.79 Å². The summed E-state index contributed by atoms with van der Waals surface area (Å²) in [6.07, 6.45) is 6.90. The van der Waals surface area contributed by atoms with Gasteiger partial charge in [0.2, 0.25) is 0 Å². The molecule has 0 heterocycles. The van der Waals surface area contributed by atoms with E-state index >= 15 is 0 Å². The molecule has 0 aromatic heterocycles. The smallest absolute Gasteiger partial charge is 0.268 e. The van der Waals surface area contributed by atoms with Crippen LogP contribution in [0.25, 0.3) is 0 Å². The Morgan fingerprint density at radius 3 is 2.54 bits per heavy atom. The highest BCUT2D eigenvalue weighted by atomic mass is 16.3. The fourth-order valence-electron chi connectivity index (χ4n) is 0.704. The predicted molar refractivity (Wildman–Crippen MR) is 53.1 cm³/mol. The van der Waals surface area contributed by atoms with Gasteiger partial charge in [-0.2, -0.15) is 0 Å². The van der Waals surface area contributed by atoms with Crippen molar-refractivity contribution >= 4 is 5.91 Å². The van der Waals surface area contributed by atoms with E-state index in [0.29, 0.717) is 0 Å². The van der Waals surface area contributed by atoms with Crippen molar-refractivity contribution in [2.75, 3.05) is 0 Å². The zero-order valence-corrected chi connectivity index (χ0v) is 7.86. The van der Waals surface area contributed by atoms with Crippen LogP contribution in [-0.2, 0) is 4.79 Å². The predicted octanol–water partition coefficient (Wildman–Crippen LogP) is 2.60. The molecule has 1 atom stereocenters. The number of rotatable bonds is 4. The Morgan fingerprint density at radius 2 is 2.08 bits per heavy atom.